The van der Waals surface area contributed by atoms with Crippen molar-refractivity contribution in [3.8, 4) is 0 Å². The maximum atomic E-state index is 14.3. The summed E-state index contributed by atoms with van der Waals surface area (Å²) in [5.74, 6) is 0.239. The van der Waals surface area contributed by atoms with Crippen LogP contribution >= 0.6 is 0 Å². The Morgan fingerprint density at radius 2 is 1.92 bits per heavy atom. The summed E-state index contributed by atoms with van der Waals surface area (Å²) < 4.78 is 12.3. The quantitative estimate of drug-likeness (QED) is 0.0516. The molecule has 0 amide bonds. The summed E-state index contributed by atoms with van der Waals surface area (Å²) in [6, 6.07) is 6.44. The number of fused-ring (bicyclic) bond motifs is 3. The van der Waals surface area contributed by atoms with Crippen LogP contribution in [0.3, 0.4) is 0 Å². The van der Waals surface area contributed by atoms with Crippen LogP contribution in [0, 0.1) is 17.8 Å². The number of dihydropyridines is 1. The zero-order valence-corrected chi connectivity index (χ0v) is 31.0. The molecule has 1 saturated carbocycles. The van der Waals surface area contributed by atoms with E-state index in [0.29, 0.717) is 30.6 Å². The van der Waals surface area contributed by atoms with Crippen LogP contribution in [-0.2, 0) is 14.3 Å². The molecule has 6 aliphatic rings. The first-order valence-electron chi connectivity index (χ1n) is 19.4. The van der Waals surface area contributed by atoms with Crippen LogP contribution in [0.2, 0.25) is 0 Å². The molecule has 1 aromatic carbocycles. The summed E-state index contributed by atoms with van der Waals surface area (Å²) in [5, 5.41) is 10.2. The Balaban J connectivity index is 1.11. The zero-order valence-electron chi connectivity index (χ0n) is 31.0. The fourth-order valence-electron chi connectivity index (χ4n) is 9.07. The molecule has 0 bridgehead atoms. The van der Waals surface area contributed by atoms with Gasteiger partial charge in [0.05, 0.1) is 18.5 Å². The summed E-state index contributed by atoms with van der Waals surface area (Å²) in [5.41, 5.74) is 12.1. The van der Waals surface area contributed by atoms with E-state index in [2.05, 4.69) is 39.2 Å². The fraction of sp³-hybridized carbons (Fsp3) is 0.524. The Hall–Kier alpha value is -4.48. The van der Waals surface area contributed by atoms with E-state index in [4.69, 9.17) is 20.9 Å². The number of epoxide rings is 1. The van der Waals surface area contributed by atoms with Gasteiger partial charge in [0.25, 0.3) is 5.60 Å². The average molecular weight is 723 g/mol. The minimum Gasteiger partial charge on any atom is -0.463 e. The number of hydrogen-bond acceptors (Lipinski definition) is 9. The fourth-order valence-corrected chi connectivity index (χ4v) is 9.07. The monoisotopic (exact) mass is 722 g/mol. The van der Waals surface area contributed by atoms with Crippen molar-refractivity contribution >= 4 is 23.5 Å². The number of nitrogens with zero attached hydrogens (tertiary/aromatic N) is 1. The highest BCUT2D eigenvalue weighted by Crippen LogP contribution is 2.58. The van der Waals surface area contributed by atoms with Crippen LogP contribution in [0.4, 0.5) is 0 Å². The molecule has 53 heavy (non-hydrogen) atoms. The average Bonchev–Trinajstić information content (AvgIpc) is 3.89. The second kappa shape index (κ2) is 15.5. The third-order valence-corrected chi connectivity index (χ3v) is 12.2. The molecule has 282 valence electrons. The maximum Gasteiger partial charge on any atom is 0.350 e. The van der Waals surface area contributed by atoms with Crippen LogP contribution < -0.4 is 27.4 Å². The van der Waals surface area contributed by atoms with E-state index >= 15 is 0 Å². The summed E-state index contributed by atoms with van der Waals surface area (Å²) in [4.78, 5) is 46.9. The second-order valence-corrected chi connectivity index (χ2v) is 15.6. The SMILES string of the molecule is CN=C(N)N[C@@H](C/C(C)=C/C[C@@]12O[C@]1(C(=O)OC[C@@H]1C[C@@H]3CCC=CC3=C[C@H]1NCC1CCCCC1)C(=O)c1ccccc1C2=O)C1=CCNC(N)=C1. The van der Waals surface area contributed by atoms with Crippen molar-refractivity contribution in [1.29, 1.82) is 0 Å². The molecule has 1 saturated heterocycles. The van der Waals surface area contributed by atoms with E-state index in [0.717, 1.165) is 37.0 Å². The third-order valence-electron chi connectivity index (χ3n) is 12.2. The van der Waals surface area contributed by atoms with Crippen LogP contribution in [0.25, 0.3) is 0 Å². The molecule has 0 spiro atoms. The number of ether oxygens (including phenoxy) is 2. The summed E-state index contributed by atoms with van der Waals surface area (Å²) in [6.07, 6.45) is 22.5. The van der Waals surface area contributed by atoms with E-state index in [9.17, 15) is 14.4 Å². The van der Waals surface area contributed by atoms with Crippen molar-refractivity contribution in [1.82, 2.24) is 16.0 Å². The molecule has 2 fully saturated rings. The van der Waals surface area contributed by atoms with Gasteiger partial charge in [-0.2, -0.15) is 0 Å². The Kier molecular flexibility index (Phi) is 10.8. The molecule has 11 nitrogen and oxygen atoms in total. The number of rotatable bonds is 12. The smallest absolute Gasteiger partial charge is 0.350 e. The second-order valence-electron chi connectivity index (χ2n) is 15.6. The molecule has 7 rings (SSSR count). The van der Waals surface area contributed by atoms with E-state index in [-0.39, 0.29) is 53.9 Å². The van der Waals surface area contributed by atoms with Gasteiger partial charge in [-0.05, 0) is 81.1 Å². The number of nitrogens with two attached hydrogens (primary N) is 2. The van der Waals surface area contributed by atoms with Gasteiger partial charge in [0.2, 0.25) is 5.78 Å². The van der Waals surface area contributed by atoms with E-state index < -0.39 is 23.0 Å². The minimum absolute atomic E-state index is 0.0327. The topological polar surface area (TPSA) is 173 Å². The van der Waals surface area contributed by atoms with E-state index in [1.807, 2.05) is 25.2 Å². The lowest BCUT2D eigenvalue weighted by Crippen LogP contribution is -2.51. The first-order valence-corrected chi connectivity index (χ1v) is 19.4. The van der Waals surface area contributed by atoms with Crippen molar-refractivity contribution < 1.29 is 23.9 Å². The van der Waals surface area contributed by atoms with Crippen molar-refractivity contribution in [2.45, 2.75) is 94.4 Å². The van der Waals surface area contributed by atoms with Crippen molar-refractivity contribution in [3.63, 3.8) is 0 Å². The first-order chi connectivity index (χ1) is 25.6. The molecule has 1 aromatic rings. The Labute approximate surface area is 312 Å². The number of allylic oxidation sites excluding steroid dienone is 3. The number of ketones is 2. The summed E-state index contributed by atoms with van der Waals surface area (Å²) in [7, 11) is 1.61. The standard InChI is InChI=1S/C42H54N6O5/c1-26(20-35(48-40(44)45-2)30-17-19-46-36(43)23-30)16-18-41-37(49)32-14-8-9-15-33(32)38(50)42(41,53-41)39(51)52-25-31-21-28-12-6-7-13-29(28)22-34(31)47-24-27-10-4-3-5-11-27/h7-9,13-17,22-23,27-28,31,34-35,46-47H,3-6,10-12,18-21,24-25,43H2,1-2H3,(H3,44,45,48)/b26-16+/t28-,31-,34+,35-,41-,42-/m0/s1. The number of nitrogens with one attached hydrogen (secondary N) is 3. The van der Waals surface area contributed by atoms with Crippen LogP contribution in [0.5, 0.6) is 0 Å². The lowest BCUT2D eigenvalue weighted by molar-refractivity contribution is -0.150. The molecule has 6 atom stereocenters. The molecular weight excluding hydrogens is 668 g/mol. The van der Waals surface area contributed by atoms with Crippen LogP contribution in [0.1, 0.15) is 91.8 Å². The zero-order chi connectivity index (χ0) is 37.2. The number of aliphatic imine (C=N–C) groups is 1. The van der Waals surface area contributed by atoms with Gasteiger partial charge in [0, 0.05) is 43.1 Å². The molecular formula is C42H54N6O5. The van der Waals surface area contributed by atoms with Gasteiger partial charge in [-0.1, -0.05) is 79.5 Å². The molecule has 0 radical (unpaired) electrons. The molecule has 4 aliphatic carbocycles. The van der Waals surface area contributed by atoms with Crippen molar-refractivity contribution in [2.75, 3.05) is 26.7 Å². The van der Waals surface area contributed by atoms with Crippen molar-refractivity contribution in [3.05, 3.63) is 94.4 Å². The van der Waals surface area contributed by atoms with Crippen LogP contribution in [-0.4, -0.2) is 73.5 Å². The normalized spacial score (nSPS) is 30.5. The van der Waals surface area contributed by atoms with Crippen molar-refractivity contribution in [2.24, 2.45) is 34.2 Å². The molecule has 2 aliphatic heterocycles. The molecule has 0 unspecified atom stereocenters. The predicted octanol–water partition coefficient (Wildman–Crippen LogP) is 4.53. The van der Waals surface area contributed by atoms with Gasteiger partial charge in [0.15, 0.2) is 17.3 Å². The van der Waals surface area contributed by atoms with Gasteiger partial charge in [-0.25, -0.2) is 4.79 Å². The summed E-state index contributed by atoms with van der Waals surface area (Å²) in [6.45, 7) is 3.59. The largest absolute Gasteiger partial charge is 0.463 e. The van der Waals surface area contributed by atoms with Gasteiger partial charge < -0.3 is 36.9 Å². The highest BCUT2D eigenvalue weighted by atomic mass is 16.7. The molecule has 11 heteroatoms. The van der Waals surface area contributed by atoms with E-state index in [1.165, 1.54) is 37.7 Å². The Bertz CT molecular complexity index is 1800. The molecule has 0 aromatic heterocycles. The number of hydrogen-bond donors (Lipinski definition) is 5. The highest BCUT2D eigenvalue weighted by Gasteiger charge is 2.85. The van der Waals surface area contributed by atoms with Gasteiger partial charge >= 0.3 is 5.97 Å². The number of carbonyl (C=O) groups is 3. The predicted molar refractivity (Wildman–Crippen MR) is 205 cm³/mol. The summed E-state index contributed by atoms with van der Waals surface area (Å²) >= 11 is 0. The molecule has 2 heterocycles. The van der Waals surface area contributed by atoms with Gasteiger partial charge in [-0.3, -0.25) is 14.6 Å². The Morgan fingerprint density at radius 1 is 1.15 bits per heavy atom. The lowest BCUT2D eigenvalue weighted by atomic mass is 9.72. The number of benzene rings is 1. The minimum atomic E-state index is -2.03. The number of Topliss-reactive ketones (excluding diaryl/α,β-unsaturated/α-hetero) is 2. The molecule has 7 N–H and O–H groups in total. The van der Waals surface area contributed by atoms with Gasteiger partial charge in [-0.15, -0.1) is 0 Å². The van der Waals surface area contributed by atoms with Gasteiger partial charge in [0.1, 0.15) is 0 Å². The van der Waals surface area contributed by atoms with Crippen LogP contribution in [0.15, 0.2) is 88.3 Å². The number of esters is 1. The highest BCUT2D eigenvalue weighted by molar-refractivity contribution is 6.32. The Morgan fingerprint density at radius 3 is 2.68 bits per heavy atom. The lowest BCUT2D eigenvalue weighted by Gasteiger charge is -2.37. The number of carbonyl (C=O) groups excluding carboxylic acids is 3. The first kappa shape index (κ1) is 36.9. The third kappa shape index (κ3) is 7.25. The maximum absolute atomic E-state index is 14.3. The van der Waals surface area contributed by atoms with E-state index in [1.54, 1.807) is 31.3 Å². The number of guanidine groups is 1.